The highest BCUT2D eigenvalue weighted by Crippen LogP contribution is 2.34. The minimum Gasteiger partial charge on any atom is -0.479 e. The van der Waals surface area contributed by atoms with Gasteiger partial charge < -0.3 is 15.0 Å². The Hall–Kier alpha value is -2.82. The normalized spacial score (nSPS) is 16.7. The zero-order valence-corrected chi connectivity index (χ0v) is 12.4. The van der Waals surface area contributed by atoms with Gasteiger partial charge in [0.25, 0.3) is 11.8 Å². The summed E-state index contributed by atoms with van der Waals surface area (Å²) in [4.78, 5) is 25.7. The van der Waals surface area contributed by atoms with Crippen molar-refractivity contribution in [3.05, 3.63) is 54.1 Å². The summed E-state index contributed by atoms with van der Waals surface area (Å²) < 4.78 is 5.58. The molecule has 0 radical (unpaired) electrons. The van der Waals surface area contributed by atoms with Crippen LogP contribution in [-0.4, -0.2) is 25.0 Å². The number of hydrogen-bond acceptors (Lipinski definition) is 3. The number of fused-ring (bicyclic) bond motifs is 1. The van der Waals surface area contributed by atoms with Crippen molar-refractivity contribution in [1.29, 1.82) is 0 Å². The van der Waals surface area contributed by atoms with Gasteiger partial charge in [-0.3, -0.25) is 9.59 Å². The molecule has 0 bridgehead atoms. The molecule has 1 aliphatic heterocycles. The molecule has 1 heterocycles. The molecule has 0 saturated heterocycles. The van der Waals surface area contributed by atoms with E-state index in [9.17, 15) is 9.59 Å². The molecule has 0 spiro atoms. The second-order valence-corrected chi connectivity index (χ2v) is 5.16. The predicted octanol–water partition coefficient (Wildman–Crippen LogP) is 2.68. The van der Waals surface area contributed by atoms with Gasteiger partial charge in [0, 0.05) is 18.3 Å². The van der Waals surface area contributed by atoms with Crippen LogP contribution in [0.25, 0.3) is 0 Å². The molecule has 1 unspecified atom stereocenters. The third-order valence-corrected chi connectivity index (χ3v) is 3.60. The van der Waals surface area contributed by atoms with E-state index in [0.717, 1.165) is 5.69 Å². The van der Waals surface area contributed by atoms with Crippen molar-refractivity contribution in [2.75, 3.05) is 17.3 Å². The zero-order chi connectivity index (χ0) is 15.7. The van der Waals surface area contributed by atoms with Gasteiger partial charge in [0.2, 0.25) is 0 Å². The number of benzene rings is 2. The Balaban J connectivity index is 1.86. The monoisotopic (exact) mass is 296 g/mol. The predicted molar refractivity (Wildman–Crippen MR) is 84.3 cm³/mol. The largest absolute Gasteiger partial charge is 0.479 e. The standard InChI is InChI=1S/C17H16N2O3/c1-11-17(21)19(2)14-9-8-12(10-15(14)22-11)16(20)18-13-6-4-3-5-7-13/h3-11H,1-2H3,(H,18,20). The van der Waals surface area contributed by atoms with E-state index in [1.165, 1.54) is 0 Å². The van der Waals surface area contributed by atoms with Gasteiger partial charge in [-0.15, -0.1) is 0 Å². The molecule has 2 aromatic carbocycles. The lowest BCUT2D eigenvalue weighted by molar-refractivity contribution is -0.125. The number of carbonyl (C=O) groups is 2. The number of nitrogens with zero attached hydrogens (tertiary/aromatic N) is 1. The van der Waals surface area contributed by atoms with E-state index >= 15 is 0 Å². The third kappa shape index (κ3) is 2.53. The van der Waals surface area contributed by atoms with Crippen LogP contribution in [0.5, 0.6) is 5.75 Å². The Morgan fingerprint density at radius 2 is 1.91 bits per heavy atom. The number of rotatable bonds is 2. The van der Waals surface area contributed by atoms with Gasteiger partial charge in [0.05, 0.1) is 5.69 Å². The van der Waals surface area contributed by atoms with Gasteiger partial charge >= 0.3 is 0 Å². The van der Waals surface area contributed by atoms with Crippen LogP contribution in [0.1, 0.15) is 17.3 Å². The van der Waals surface area contributed by atoms with E-state index in [0.29, 0.717) is 17.0 Å². The van der Waals surface area contributed by atoms with E-state index in [4.69, 9.17) is 4.74 Å². The molecule has 2 amide bonds. The summed E-state index contributed by atoms with van der Waals surface area (Å²) in [5, 5.41) is 2.82. The van der Waals surface area contributed by atoms with Crippen molar-refractivity contribution in [3.63, 3.8) is 0 Å². The molecule has 1 aliphatic rings. The summed E-state index contributed by atoms with van der Waals surface area (Å²) in [5.41, 5.74) is 1.88. The fourth-order valence-corrected chi connectivity index (χ4v) is 2.38. The summed E-state index contributed by atoms with van der Waals surface area (Å²) in [6.45, 7) is 1.69. The minimum atomic E-state index is -0.551. The van der Waals surface area contributed by atoms with Crippen LogP contribution >= 0.6 is 0 Å². The third-order valence-electron chi connectivity index (χ3n) is 3.60. The molecule has 1 N–H and O–H groups in total. The smallest absolute Gasteiger partial charge is 0.267 e. The fraction of sp³-hybridized carbons (Fsp3) is 0.176. The molecule has 0 fully saturated rings. The molecule has 22 heavy (non-hydrogen) atoms. The van der Waals surface area contributed by atoms with Crippen LogP contribution in [0, 0.1) is 0 Å². The molecule has 5 nitrogen and oxygen atoms in total. The van der Waals surface area contributed by atoms with Crippen molar-refractivity contribution in [2.24, 2.45) is 0 Å². The quantitative estimate of drug-likeness (QED) is 0.927. The number of nitrogens with one attached hydrogen (secondary N) is 1. The van der Waals surface area contributed by atoms with E-state index in [1.807, 2.05) is 30.3 Å². The van der Waals surface area contributed by atoms with Crippen LogP contribution < -0.4 is 15.0 Å². The summed E-state index contributed by atoms with van der Waals surface area (Å²) in [6.07, 6.45) is -0.551. The molecular formula is C17H16N2O3. The maximum atomic E-state index is 12.3. The Labute approximate surface area is 128 Å². The van der Waals surface area contributed by atoms with Gasteiger partial charge in [-0.25, -0.2) is 0 Å². The average Bonchev–Trinajstić information content (AvgIpc) is 2.53. The molecule has 0 aromatic heterocycles. The average molecular weight is 296 g/mol. The SMILES string of the molecule is CC1Oc2cc(C(=O)Nc3ccccc3)ccc2N(C)C1=O. The van der Waals surface area contributed by atoms with Crippen molar-refractivity contribution >= 4 is 23.2 Å². The van der Waals surface area contributed by atoms with Crippen LogP contribution in [0.15, 0.2) is 48.5 Å². The number of para-hydroxylation sites is 1. The van der Waals surface area contributed by atoms with E-state index < -0.39 is 6.10 Å². The Kier molecular flexibility index (Phi) is 3.55. The first kappa shape index (κ1) is 14.1. The maximum Gasteiger partial charge on any atom is 0.267 e. The lowest BCUT2D eigenvalue weighted by Gasteiger charge is -2.30. The van der Waals surface area contributed by atoms with Crippen LogP contribution in [0.3, 0.4) is 0 Å². The molecule has 1 atom stereocenters. The van der Waals surface area contributed by atoms with Gasteiger partial charge in [0.1, 0.15) is 5.75 Å². The lowest BCUT2D eigenvalue weighted by Crippen LogP contribution is -2.42. The summed E-state index contributed by atoms with van der Waals surface area (Å²) >= 11 is 0. The highest BCUT2D eigenvalue weighted by atomic mass is 16.5. The fourth-order valence-electron chi connectivity index (χ4n) is 2.38. The lowest BCUT2D eigenvalue weighted by atomic mass is 10.1. The van der Waals surface area contributed by atoms with Crippen LogP contribution in [0.2, 0.25) is 0 Å². The number of hydrogen-bond donors (Lipinski definition) is 1. The molecule has 5 heteroatoms. The summed E-state index contributed by atoms with van der Waals surface area (Å²) in [7, 11) is 1.70. The first-order chi connectivity index (χ1) is 10.6. The molecular weight excluding hydrogens is 280 g/mol. The molecule has 0 aliphatic carbocycles. The Morgan fingerprint density at radius 3 is 2.64 bits per heavy atom. The van der Waals surface area contributed by atoms with Crippen molar-refractivity contribution < 1.29 is 14.3 Å². The number of likely N-dealkylation sites (N-methyl/N-ethyl adjacent to an activating group) is 1. The number of ether oxygens (including phenoxy) is 1. The molecule has 0 saturated carbocycles. The Morgan fingerprint density at radius 1 is 1.18 bits per heavy atom. The highest BCUT2D eigenvalue weighted by Gasteiger charge is 2.29. The minimum absolute atomic E-state index is 0.103. The van der Waals surface area contributed by atoms with Gasteiger partial charge in [-0.05, 0) is 37.3 Å². The molecule has 3 rings (SSSR count). The molecule has 2 aromatic rings. The van der Waals surface area contributed by atoms with Crippen LogP contribution in [0.4, 0.5) is 11.4 Å². The van der Waals surface area contributed by atoms with Gasteiger partial charge in [-0.1, -0.05) is 18.2 Å². The van der Waals surface area contributed by atoms with Crippen molar-refractivity contribution in [3.8, 4) is 5.75 Å². The summed E-state index contributed by atoms with van der Waals surface area (Å²) in [5.74, 6) is 0.217. The number of carbonyl (C=O) groups excluding carboxylic acids is 2. The summed E-state index contributed by atoms with van der Waals surface area (Å²) in [6, 6.07) is 14.3. The first-order valence-electron chi connectivity index (χ1n) is 7.01. The number of anilines is 2. The second kappa shape index (κ2) is 5.52. The highest BCUT2D eigenvalue weighted by molar-refractivity contribution is 6.06. The van der Waals surface area contributed by atoms with Crippen LogP contribution in [-0.2, 0) is 4.79 Å². The zero-order valence-electron chi connectivity index (χ0n) is 12.4. The second-order valence-electron chi connectivity index (χ2n) is 5.16. The molecule has 112 valence electrons. The Bertz CT molecular complexity index is 728. The van der Waals surface area contributed by atoms with Gasteiger partial charge in [0.15, 0.2) is 6.10 Å². The van der Waals surface area contributed by atoms with E-state index in [-0.39, 0.29) is 11.8 Å². The first-order valence-corrected chi connectivity index (χ1v) is 7.01. The van der Waals surface area contributed by atoms with E-state index in [1.54, 1.807) is 37.1 Å². The van der Waals surface area contributed by atoms with Crippen molar-refractivity contribution in [2.45, 2.75) is 13.0 Å². The maximum absolute atomic E-state index is 12.3. The number of amides is 2. The van der Waals surface area contributed by atoms with Crippen molar-refractivity contribution in [1.82, 2.24) is 0 Å². The van der Waals surface area contributed by atoms with Gasteiger partial charge in [-0.2, -0.15) is 0 Å². The topological polar surface area (TPSA) is 58.6 Å². The van der Waals surface area contributed by atoms with E-state index in [2.05, 4.69) is 5.32 Å².